The van der Waals surface area contributed by atoms with Crippen LogP contribution in [0.5, 0.6) is 5.75 Å². The van der Waals surface area contributed by atoms with Crippen molar-refractivity contribution in [2.75, 3.05) is 13.2 Å². The molecule has 5 N–H and O–H groups in total. The Labute approximate surface area is 101 Å². The molecule has 1 aromatic carbocycles. The number of ether oxygens (including phenoxy) is 1. The first-order chi connectivity index (χ1) is 8.25. The van der Waals surface area contributed by atoms with E-state index in [-0.39, 0.29) is 5.96 Å². The Balaban J connectivity index is 1.78. The van der Waals surface area contributed by atoms with Gasteiger partial charge in [0, 0.05) is 0 Å². The first kappa shape index (κ1) is 11.6. The predicted octanol–water partition coefficient (Wildman–Crippen LogP) is 0.332. The van der Waals surface area contributed by atoms with Gasteiger partial charge in [-0.1, -0.05) is 6.07 Å². The summed E-state index contributed by atoms with van der Waals surface area (Å²) in [4.78, 5) is 0. The first-order valence-corrected chi connectivity index (χ1v) is 5.82. The minimum absolute atomic E-state index is 0.0301. The number of fused-ring (bicyclic) bond motifs is 1. The summed E-state index contributed by atoms with van der Waals surface area (Å²) in [7, 11) is 0. The average Bonchev–Trinajstić information content (AvgIpc) is 2.75. The van der Waals surface area contributed by atoms with Gasteiger partial charge in [-0.25, -0.2) is 0 Å². The van der Waals surface area contributed by atoms with E-state index in [4.69, 9.17) is 16.2 Å². The molecule has 0 atom stereocenters. The Morgan fingerprint density at radius 2 is 2.12 bits per heavy atom. The van der Waals surface area contributed by atoms with Gasteiger partial charge in [0.05, 0.1) is 6.54 Å². The van der Waals surface area contributed by atoms with Crippen molar-refractivity contribution in [3.8, 4) is 5.75 Å². The van der Waals surface area contributed by atoms with Crippen LogP contribution >= 0.6 is 0 Å². The number of nitrogens with two attached hydrogens (primary N) is 2. The second kappa shape index (κ2) is 5.43. The molecule has 92 valence electrons. The minimum Gasteiger partial charge on any atom is -0.492 e. The molecule has 0 saturated heterocycles. The molecule has 1 aliphatic carbocycles. The van der Waals surface area contributed by atoms with E-state index < -0.39 is 0 Å². The zero-order valence-electron chi connectivity index (χ0n) is 9.78. The number of aryl methyl sites for hydroxylation is 2. The van der Waals surface area contributed by atoms with Crippen molar-refractivity contribution < 1.29 is 4.74 Å². The molecule has 0 aromatic heterocycles. The smallest absolute Gasteiger partial charge is 0.208 e. The van der Waals surface area contributed by atoms with E-state index in [9.17, 15) is 0 Å². The Kier molecular flexibility index (Phi) is 3.69. The van der Waals surface area contributed by atoms with E-state index in [1.807, 2.05) is 6.07 Å². The molecule has 0 saturated carbocycles. The lowest BCUT2D eigenvalue weighted by atomic mass is 10.1. The monoisotopic (exact) mass is 234 g/mol. The molecule has 0 heterocycles. The maximum atomic E-state index is 5.60. The van der Waals surface area contributed by atoms with Crippen LogP contribution in [0.3, 0.4) is 0 Å². The van der Waals surface area contributed by atoms with Crippen molar-refractivity contribution >= 4 is 5.96 Å². The van der Waals surface area contributed by atoms with Crippen LogP contribution in [0.15, 0.2) is 23.3 Å². The summed E-state index contributed by atoms with van der Waals surface area (Å²) in [5, 5.41) is 3.66. The molecule has 0 bridgehead atoms. The zero-order valence-corrected chi connectivity index (χ0v) is 9.78. The highest BCUT2D eigenvalue weighted by Gasteiger charge is 2.10. The Bertz CT molecular complexity index is 413. The van der Waals surface area contributed by atoms with E-state index in [2.05, 4.69) is 22.7 Å². The third kappa shape index (κ3) is 3.27. The van der Waals surface area contributed by atoms with Gasteiger partial charge in [0.1, 0.15) is 12.4 Å². The van der Waals surface area contributed by atoms with Crippen molar-refractivity contribution in [2.24, 2.45) is 16.6 Å². The molecule has 0 fully saturated rings. The number of hydrogen-bond donors (Lipinski definition) is 3. The van der Waals surface area contributed by atoms with Gasteiger partial charge < -0.3 is 21.6 Å². The lowest BCUT2D eigenvalue weighted by Gasteiger charge is -2.07. The summed E-state index contributed by atoms with van der Waals surface area (Å²) in [5.41, 5.74) is 15.9. The SMILES string of the molecule is NC(N)=NNCCOc1ccc2c(c1)CCC2. The minimum atomic E-state index is 0.0301. The number of rotatable bonds is 5. The van der Waals surface area contributed by atoms with Crippen LogP contribution in [0.1, 0.15) is 17.5 Å². The lowest BCUT2D eigenvalue weighted by molar-refractivity contribution is 0.315. The van der Waals surface area contributed by atoms with E-state index in [1.165, 1.54) is 30.4 Å². The van der Waals surface area contributed by atoms with Crippen molar-refractivity contribution in [1.82, 2.24) is 5.43 Å². The number of nitrogens with zero attached hydrogens (tertiary/aromatic N) is 1. The van der Waals surface area contributed by atoms with Gasteiger partial charge in [-0.3, -0.25) is 0 Å². The molecule has 5 heteroatoms. The third-order valence-corrected chi connectivity index (χ3v) is 2.76. The summed E-state index contributed by atoms with van der Waals surface area (Å²) >= 11 is 0. The van der Waals surface area contributed by atoms with Crippen LogP contribution in [0.2, 0.25) is 0 Å². The number of hydrazone groups is 1. The molecule has 5 nitrogen and oxygen atoms in total. The second-order valence-electron chi connectivity index (χ2n) is 4.08. The molecule has 0 aliphatic heterocycles. The van der Waals surface area contributed by atoms with Gasteiger partial charge in [-0.15, -0.1) is 5.10 Å². The normalized spacial score (nSPS) is 12.9. The fraction of sp³-hybridized carbons (Fsp3) is 0.417. The van der Waals surface area contributed by atoms with Gasteiger partial charge in [-0.2, -0.15) is 0 Å². The Morgan fingerprint density at radius 1 is 1.29 bits per heavy atom. The fourth-order valence-electron chi connectivity index (χ4n) is 2.00. The molecule has 1 aromatic rings. The van der Waals surface area contributed by atoms with Crippen molar-refractivity contribution in [1.29, 1.82) is 0 Å². The molecule has 17 heavy (non-hydrogen) atoms. The molecular weight excluding hydrogens is 216 g/mol. The topological polar surface area (TPSA) is 85.7 Å². The second-order valence-corrected chi connectivity index (χ2v) is 4.08. The Morgan fingerprint density at radius 3 is 2.94 bits per heavy atom. The lowest BCUT2D eigenvalue weighted by Crippen LogP contribution is -2.27. The highest BCUT2D eigenvalue weighted by atomic mass is 16.5. The highest BCUT2D eigenvalue weighted by Crippen LogP contribution is 2.25. The van der Waals surface area contributed by atoms with Crippen LogP contribution in [0.4, 0.5) is 0 Å². The number of benzene rings is 1. The summed E-state index contributed by atoms with van der Waals surface area (Å²) in [6, 6.07) is 6.30. The van der Waals surface area contributed by atoms with Crippen LogP contribution < -0.4 is 21.6 Å². The van der Waals surface area contributed by atoms with Gasteiger partial charge >= 0.3 is 0 Å². The molecule has 2 rings (SSSR count). The largest absolute Gasteiger partial charge is 0.492 e. The highest BCUT2D eigenvalue weighted by molar-refractivity contribution is 5.75. The standard InChI is InChI=1S/C12H18N4O/c13-12(14)16-15-6-7-17-11-5-4-9-2-1-3-10(9)8-11/h4-5,8,15H,1-3,6-7H2,(H4,13,14,16). The third-order valence-electron chi connectivity index (χ3n) is 2.76. The number of guanidine groups is 1. The van der Waals surface area contributed by atoms with Gasteiger partial charge in [0.15, 0.2) is 0 Å². The average molecular weight is 234 g/mol. The van der Waals surface area contributed by atoms with Gasteiger partial charge in [0.2, 0.25) is 5.96 Å². The van der Waals surface area contributed by atoms with Crippen LogP contribution in [-0.4, -0.2) is 19.1 Å². The van der Waals surface area contributed by atoms with E-state index in [1.54, 1.807) is 0 Å². The Hall–Kier alpha value is -1.91. The van der Waals surface area contributed by atoms with Crippen LogP contribution in [-0.2, 0) is 12.8 Å². The van der Waals surface area contributed by atoms with Gasteiger partial charge in [0.25, 0.3) is 0 Å². The van der Waals surface area contributed by atoms with E-state index >= 15 is 0 Å². The summed E-state index contributed by atoms with van der Waals surface area (Å²) < 4.78 is 5.60. The number of hydrogen-bond acceptors (Lipinski definition) is 3. The van der Waals surface area contributed by atoms with Crippen LogP contribution in [0.25, 0.3) is 0 Å². The summed E-state index contributed by atoms with van der Waals surface area (Å²) in [6.45, 7) is 1.12. The maximum absolute atomic E-state index is 5.60. The first-order valence-electron chi connectivity index (χ1n) is 5.82. The molecule has 0 spiro atoms. The molecule has 0 radical (unpaired) electrons. The summed E-state index contributed by atoms with van der Waals surface area (Å²) in [5.74, 6) is 0.944. The zero-order chi connectivity index (χ0) is 12.1. The quantitative estimate of drug-likeness (QED) is 0.297. The molecule has 0 amide bonds. The molecule has 0 unspecified atom stereocenters. The van der Waals surface area contributed by atoms with Crippen molar-refractivity contribution in [2.45, 2.75) is 19.3 Å². The summed E-state index contributed by atoms with van der Waals surface area (Å²) in [6.07, 6.45) is 3.62. The van der Waals surface area contributed by atoms with Crippen molar-refractivity contribution in [3.05, 3.63) is 29.3 Å². The predicted molar refractivity (Wildman–Crippen MR) is 67.8 cm³/mol. The van der Waals surface area contributed by atoms with Crippen LogP contribution in [0, 0.1) is 0 Å². The van der Waals surface area contributed by atoms with E-state index in [0.29, 0.717) is 13.2 Å². The molecule has 1 aliphatic rings. The van der Waals surface area contributed by atoms with E-state index in [0.717, 1.165) is 5.75 Å². The van der Waals surface area contributed by atoms with Gasteiger partial charge in [-0.05, 0) is 42.5 Å². The number of nitrogens with one attached hydrogen (secondary N) is 1. The fourth-order valence-corrected chi connectivity index (χ4v) is 2.00. The van der Waals surface area contributed by atoms with Crippen molar-refractivity contribution in [3.63, 3.8) is 0 Å². The maximum Gasteiger partial charge on any atom is 0.208 e. The molecular formula is C12H18N4O.